The van der Waals surface area contributed by atoms with Crippen molar-refractivity contribution in [2.24, 2.45) is 11.8 Å². The molecular formula is C16H24O6. The van der Waals surface area contributed by atoms with Gasteiger partial charge in [0.1, 0.15) is 11.6 Å². The summed E-state index contributed by atoms with van der Waals surface area (Å²) in [5.41, 5.74) is 0. The van der Waals surface area contributed by atoms with Gasteiger partial charge in [-0.15, -0.1) is 0 Å². The zero-order valence-electron chi connectivity index (χ0n) is 13.0. The van der Waals surface area contributed by atoms with Crippen molar-refractivity contribution in [3.63, 3.8) is 0 Å². The Morgan fingerprint density at radius 1 is 0.955 bits per heavy atom. The van der Waals surface area contributed by atoms with E-state index >= 15 is 0 Å². The normalized spacial score (nSPS) is 20.0. The van der Waals surface area contributed by atoms with Gasteiger partial charge in [0.15, 0.2) is 0 Å². The van der Waals surface area contributed by atoms with Crippen molar-refractivity contribution in [2.75, 3.05) is 6.61 Å². The zero-order chi connectivity index (χ0) is 16.5. The molecule has 2 aliphatic carbocycles. The quantitative estimate of drug-likeness (QED) is 0.802. The van der Waals surface area contributed by atoms with Crippen molar-refractivity contribution in [2.45, 2.75) is 58.3 Å². The van der Waals surface area contributed by atoms with Gasteiger partial charge in [-0.25, -0.2) is 0 Å². The highest BCUT2D eigenvalue weighted by molar-refractivity contribution is 5.82. The summed E-state index contributed by atoms with van der Waals surface area (Å²) in [5.74, 6) is -0.703. The highest BCUT2D eigenvalue weighted by atomic mass is 16.5. The monoisotopic (exact) mass is 312 g/mol. The maximum Gasteiger partial charge on any atom is 0.308 e. The lowest BCUT2D eigenvalue weighted by Crippen LogP contribution is -2.23. The van der Waals surface area contributed by atoms with Gasteiger partial charge in [0, 0.05) is 25.7 Å². The largest absolute Gasteiger partial charge is 0.481 e. The summed E-state index contributed by atoms with van der Waals surface area (Å²) in [6.07, 6.45) is 4.43. The van der Waals surface area contributed by atoms with Crippen LogP contribution in [0.4, 0.5) is 0 Å². The number of ether oxygens (including phenoxy) is 1. The van der Waals surface area contributed by atoms with Crippen LogP contribution in [0.15, 0.2) is 0 Å². The number of hydrogen-bond acceptors (Lipinski definition) is 5. The molecule has 6 heteroatoms. The maximum atomic E-state index is 11.2. The van der Waals surface area contributed by atoms with Gasteiger partial charge < -0.3 is 9.84 Å². The number of carboxylic acid groups (broad SMARTS) is 1. The molecule has 2 fully saturated rings. The van der Waals surface area contributed by atoms with Gasteiger partial charge in [-0.1, -0.05) is 0 Å². The van der Waals surface area contributed by atoms with Gasteiger partial charge in [0.05, 0.1) is 18.4 Å². The number of carbonyl (C=O) groups excluding carboxylic acids is 3. The molecule has 0 aliphatic heterocycles. The molecule has 2 saturated carbocycles. The second-order valence-corrected chi connectivity index (χ2v) is 5.72. The first-order valence-electron chi connectivity index (χ1n) is 7.86. The number of carboxylic acids is 1. The van der Waals surface area contributed by atoms with Crippen molar-refractivity contribution >= 4 is 23.5 Å². The van der Waals surface area contributed by atoms with Crippen LogP contribution in [-0.2, 0) is 23.9 Å². The predicted octanol–water partition coefficient (Wildman–Crippen LogP) is 2.14. The van der Waals surface area contributed by atoms with Crippen molar-refractivity contribution in [1.29, 1.82) is 0 Å². The Kier molecular flexibility index (Phi) is 7.77. The summed E-state index contributed by atoms with van der Waals surface area (Å²) in [5, 5.41) is 8.51. The van der Waals surface area contributed by atoms with E-state index in [0.717, 1.165) is 0 Å². The first kappa shape index (κ1) is 18.3. The third-order valence-corrected chi connectivity index (χ3v) is 4.06. The lowest BCUT2D eigenvalue weighted by Gasteiger charge is -2.18. The summed E-state index contributed by atoms with van der Waals surface area (Å²) in [4.78, 5) is 43.0. The molecule has 0 spiro atoms. The van der Waals surface area contributed by atoms with Gasteiger partial charge in [0.25, 0.3) is 0 Å². The van der Waals surface area contributed by atoms with E-state index in [1.165, 1.54) is 0 Å². The lowest BCUT2D eigenvalue weighted by atomic mass is 9.88. The topological polar surface area (TPSA) is 97.7 Å². The Morgan fingerprint density at radius 3 is 1.73 bits per heavy atom. The summed E-state index contributed by atoms with van der Waals surface area (Å²) < 4.78 is 4.87. The van der Waals surface area contributed by atoms with Crippen LogP contribution in [0.5, 0.6) is 0 Å². The molecule has 6 nitrogen and oxygen atoms in total. The Labute approximate surface area is 130 Å². The van der Waals surface area contributed by atoms with E-state index in [4.69, 9.17) is 9.84 Å². The minimum absolute atomic E-state index is 0.0253. The molecule has 0 saturated heterocycles. The van der Waals surface area contributed by atoms with Gasteiger partial charge in [-0.3, -0.25) is 19.2 Å². The van der Waals surface area contributed by atoms with Gasteiger partial charge >= 0.3 is 11.9 Å². The Bertz CT molecular complexity index is 408. The molecule has 22 heavy (non-hydrogen) atoms. The van der Waals surface area contributed by atoms with Crippen LogP contribution in [0.1, 0.15) is 58.3 Å². The molecule has 0 amide bonds. The van der Waals surface area contributed by atoms with Gasteiger partial charge in [0.2, 0.25) is 0 Å². The molecule has 0 heterocycles. The molecule has 1 N–H and O–H groups in total. The number of carbonyl (C=O) groups is 4. The third kappa shape index (κ3) is 6.37. The molecule has 0 aromatic heterocycles. The maximum absolute atomic E-state index is 11.2. The minimum atomic E-state index is -0.757. The average molecular weight is 312 g/mol. The molecule has 2 rings (SSSR count). The number of ketones is 2. The van der Waals surface area contributed by atoms with Gasteiger partial charge in [-0.05, 0) is 32.6 Å². The van der Waals surface area contributed by atoms with Crippen molar-refractivity contribution in [3.05, 3.63) is 0 Å². The van der Waals surface area contributed by atoms with Crippen LogP contribution in [-0.4, -0.2) is 35.2 Å². The summed E-state index contributed by atoms with van der Waals surface area (Å²) in [6, 6.07) is 0. The molecule has 0 aromatic carbocycles. The standard InChI is InChI=1S/C9H14O3.C7H10O3/c1-2-12-9(11)7-3-5-8(10)6-4-7;8-6-3-1-5(2-4-6)7(9)10/h7H,2-6H2,1H3;5H,1-4H2,(H,9,10). The number of aliphatic carboxylic acids is 1. The molecule has 124 valence electrons. The highest BCUT2D eigenvalue weighted by Gasteiger charge is 2.25. The molecule has 2 aliphatic rings. The van der Waals surface area contributed by atoms with Gasteiger partial charge in [-0.2, -0.15) is 0 Å². The van der Waals surface area contributed by atoms with Crippen LogP contribution in [0.25, 0.3) is 0 Å². The summed E-state index contributed by atoms with van der Waals surface area (Å²) in [7, 11) is 0. The van der Waals surface area contributed by atoms with E-state index in [9.17, 15) is 19.2 Å². The second-order valence-electron chi connectivity index (χ2n) is 5.72. The smallest absolute Gasteiger partial charge is 0.308 e. The Hall–Kier alpha value is -1.72. The van der Waals surface area contributed by atoms with E-state index in [2.05, 4.69) is 0 Å². The van der Waals surface area contributed by atoms with E-state index in [1.54, 1.807) is 6.92 Å². The van der Waals surface area contributed by atoms with Crippen LogP contribution in [0, 0.1) is 11.8 Å². The van der Waals surface area contributed by atoms with Crippen LogP contribution >= 0.6 is 0 Å². The number of hydrogen-bond donors (Lipinski definition) is 1. The molecule has 0 radical (unpaired) electrons. The zero-order valence-corrected chi connectivity index (χ0v) is 13.0. The lowest BCUT2D eigenvalue weighted by molar-refractivity contribution is -0.149. The fraction of sp³-hybridized carbons (Fsp3) is 0.750. The first-order valence-corrected chi connectivity index (χ1v) is 7.86. The van der Waals surface area contributed by atoms with Crippen molar-refractivity contribution < 1.29 is 29.0 Å². The fourth-order valence-corrected chi connectivity index (χ4v) is 2.62. The van der Waals surface area contributed by atoms with E-state index < -0.39 is 5.97 Å². The summed E-state index contributed by atoms with van der Waals surface area (Å²) >= 11 is 0. The average Bonchev–Trinajstić information content (AvgIpc) is 2.49. The predicted molar refractivity (Wildman–Crippen MR) is 78.2 cm³/mol. The number of rotatable bonds is 3. The molecule has 0 aromatic rings. The minimum Gasteiger partial charge on any atom is -0.481 e. The second kappa shape index (κ2) is 9.33. The van der Waals surface area contributed by atoms with Crippen LogP contribution < -0.4 is 0 Å². The molecule has 0 unspecified atom stereocenters. The molecule has 0 bridgehead atoms. The Balaban J connectivity index is 0.000000224. The molecule has 0 atom stereocenters. The van der Waals surface area contributed by atoms with E-state index in [-0.39, 0.29) is 29.4 Å². The number of esters is 1. The first-order chi connectivity index (χ1) is 10.4. The third-order valence-electron chi connectivity index (χ3n) is 4.06. The van der Waals surface area contributed by atoms with E-state index in [0.29, 0.717) is 58.0 Å². The van der Waals surface area contributed by atoms with Crippen molar-refractivity contribution in [1.82, 2.24) is 0 Å². The van der Waals surface area contributed by atoms with Crippen LogP contribution in [0.3, 0.4) is 0 Å². The fourth-order valence-electron chi connectivity index (χ4n) is 2.62. The SMILES string of the molecule is CCOC(=O)C1CCC(=O)CC1.O=C1CCC(C(=O)O)CC1. The highest BCUT2D eigenvalue weighted by Crippen LogP contribution is 2.22. The van der Waals surface area contributed by atoms with Crippen molar-refractivity contribution in [3.8, 4) is 0 Å². The number of Topliss-reactive ketones (excluding diaryl/α,β-unsaturated/α-hetero) is 2. The van der Waals surface area contributed by atoms with E-state index in [1.807, 2.05) is 0 Å². The Morgan fingerprint density at radius 2 is 1.36 bits per heavy atom. The molecular weight excluding hydrogens is 288 g/mol. The summed E-state index contributed by atoms with van der Waals surface area (Å²) in [6.45, 7) is 2.23. The van der Waals surface area contributed by atoms with Crippen LogP contribution in [0.2, 0.25) is 0 Å².